The second-order valence-corrected chi connectivity index (χ2v) is 11.1. The SMILES string of the molecule is c1ccc(N2c3ccccc3[C@@H]3CN(CC4C5CC6CC(C5)CC4C6)CC[C@H]32)cc1. The number of fused-ring (bicyclic) bond motifs is 3. The van der Waals surface area contributed by atoms with Crippen molar-refractivity contribution >= 4 is 11.4 Å². The lowest BCUT2D eigenvalue weighted by Gasteiger charge is -2.55. The predicted molar refractivity (Wildman–Crippen MR) is 123 cm³/mol. The lowest BCUT2D eigenvalue weighted by molar-refractivity contribution is -0.0515. The van der Waals surface area contributed by atoms with Crippen molar-refractivity contribution in [2.45, 2.75) is 50.5 Å². The zero-order chi connectivity index (χ0) is 19.7. The van der Waals surface area contributed by atoms with Gasteiger partial charge in [-0.15, -0.1) is 0 Å². The van der Waals surface area contributed by atoms with Crippen LogP contribution in [0.15, 0.2) is 54.6 Å². The number of hydrogen-bond acceptors (Lipinski definition) is 2. The Morgan fingerprint density at radius 1 is 0.767 bits per heavy atom. The molecule has 2 aliphatic heterocycles. The van der Waals surface area contributed by atoms with E-state index >= 15 is 0 Å². The maximum atomic E-state index is 2.87. The Bertz CT molecular complexity index is 893. The minimum Gasteiger partial charge on any atom is -0.337 e. The number of piperidine rings is 1. The molecule has 2 nitrogen and oxygen atoms in total. The van der Waals surface area contributed by atoms with E-state index in [9.17, 15) is 0 Å². The Morgan fingerprint density at radius 2 is 1.47 bits per heavy atom. The summed E-state index contributed by atoms with van der Waals surface area (Å²) in [6.07, 6.45) is 9.09. The minimum atomic E-state index is 0.625. The first-order chi connectivity index (χ1) is 14.8. The van der Waals surface area contributed by atoms with Gasteiger partial charge in [-0.05, 0) is 91.9 Å². The third kappa shape index (κ3) is 2.72. The van der Waals surface area contributed by atoms with Crippen LogP contribution in [-0.4, -0.2) is 30.6 Å². The molecule has 156 valence electrons. The summed E-state index contributed by atoms with van der Waals surface area (Å²) < 4.78 is 0. The highest BCUT2D eigenvalue weighted by Crippen LogP contribution is 2.57. The van der Waals surface area contributed by atoms with Gasteiger partial charge in [0.1, 0.15) is 0 Å². The number of hydrogen-bond donors (Lipinski definition) is 0. The molecule has 0 aromatic heterocycles. The Morgan fingerprint density at radius 3 is 2.23 bits per heavy atom. The van der Waals surface area contributed by atoms with Crippen molar-refractivity contribution in [1.29, 1.82) is 0 Å². The van der Waals surface area contributed by atoms with Crippen molar-refractivity contribution in [3.05, 3.63) is 60.2 Å². The van der Waals surface area contributed by atoms with Crippen LogP contribution in [0.25, 0.3) is 0 Å². The molecule has 30 heavy (non-hydrogen) atoms. The summed E-state index contributed by atoms with van der Waals surface area (Å²) in [6.45, 7) is 3.92. The maximum Gasteiger partial charge on any atom is 0.0450 e. The van der Waals surface area contributed by atoms with E-state index in [1.165, 1.54) is 37.4 Å². The van der Waals surface area contributed by atoms with E-state index in [-0.39, 0.29) is 0 Å². The topological polar surface area (TPSA) is 6.48 Å². The minimum absolute atomic E-state index is 0.625. The number of rotatable bonds is 3. The van der Waals surface area contributed by atoms with E-state index in [4.69, 9.17) is 0 Å². The molecule has 4 aliphatic carbocycles. The third-order valence-corrected chi connectivity index (χ3v) is 9.51. The van der Waals surface area contributed by atoms with Crippen LogP contribution in [0.2, 0.25) is 0 Å². The van der Waals surface area contributed by atoms with Gasteiger partial charge in [-0.25, -0.2) is 0 Å². The van der Waals surface area contributed by atoms with Gasteiger partial charge in [0.05, 0.1) is 0 Å². The molecule has 8 rings (SSSR count). The van der Waals surface area contributed by atoms with Gasteiger partial charge < -0.3 is 9.80 Å². The number of nitrogens with zero attached hydrogens (tertiary/aromatic N) is 2. The molecule has 0 unspecified atom stereocenters. The van der Waals surface area contributed by atoms with Gasteiger partial charge in [0.2, 0.25) is 0 Å². The van der Waals surface area contributed by atoms with Crippen LogP contribution in [-0.2, 0) is 0 Å². The van der Waals surface area contributed by atoms with Crippen LogP contribution in [0.4, 0.5) is 11.4 Å². The summed E-state index contributed by atoms with van der Waals surface area (Å²) in [5, 5.41) is 0. The van der Waals surface area contributed by atoms with Crippen LogP contribution >= 0.6 is 0 Å². The zero-order valence-electron chi connectivity index (χ0n) is 18.0. The molecule has 4 bridgehead atoms. The zero-order valence-corrected chi connectivity index (χ0v) is 18.0. The molecule has 2 heteroatoms. The molecule has 2 aromatic rings. The van der Waals surface area contributed by atoms with Gasteiger partial charge in [-0.2, -0.15) is 0 Å². The lowest BCUT2D eigenvalue weighted by atomic mass is 9.52. The van der Waals surface area contributed by atoms with E-state index in [0.717, 1.165) is 29.6 Å². The number of likely N-dealkylation sites (tertiary alicyclic amines) is 1. The van der Waals surface area contributed by atoms with Gasteiger partial charge in [-0.3, -0.25) is 0 Å². The molecule has 4 saturated carbocycles. The van der Waals surface area contributed by atoms with Crippen LogP contribution in [0.5, 0.6) is 0 Å². The fourth-order valence-electron chi connectivity index (χ4n) is 8.54. The third-order valence-electron chi connectivity index (χ3n) is 9.51. The van der Waals surface area contributed by atoms with Crippen LogP contribution in [0.1, 0.15) is 50.0 Å². The van der Waals surface area contributed by atoms with Gasteiger partial charge in [-0.1, -0.05) is 36.4 Å². The Hall–Kier alpha value is -1.80. The first kappa shape index (κ1) is 17.8. The first-order valence-electron chi connectivity index (χ1n) is 12.5. The summed E-state index contributed by atoms with van der Waals surface area (Å²) in [6, 6.07) is 20.9. The molecule has 5 fully saturated rings. The van der Waals surface area contributed by atoms with E-state index in [2.05, 4.69) is 64.4 Å². The molecular formula is C28H34N2. The highest BCUT2D eigenvalue weighted by atomic mass is 15.2. The highest BCUT2D eigenvalue weighted by Gasteiger charge is 2.49. The monoisotopic (exact) mass is 398 g/mol. The van der Waals surface area contributed by atoms with Gasteiger partial charge >= 0.3 is 0 Å². The quantitative estimate of drug-likeness (QED) is 0.619. The molecule has 0 radical (unpaired) electrons. The lowest BCUT2D eigenvalue weighted by Crippen LogP contribution is -2.52. The number of benzene rings is 2. The molecule has 0 amide bonds. The normalized spacial score (nSPS) is 39.2. The van der Waals surface area contributed by atoms with Crippen molar-refractivity contribution in [3.8, 4) is 0 Å². The van der Waals surface area contributed by atoms with E-state index in [1.807, 2.05) is 0 Å². The van der Waals surface area contributed by atoms with Crippen molar-refractivity contribution in [1.82, 2.24) is 4.90 Å². The van der Waals surface area contributed by atoms with Crippen molar-refractivity contribution in [2.75, 3.05) is 24.5 Å². The predicted octanol–water partition coefficient (Wildman–Crippen LogP) is 6.07. The smallest absolute Gasteiger partial charge is 0.0450 e. The highest BCUT2D eigenvalue weighted by molar-refractivity contribution is 5.72. The van der Waals surface area contributed by atoms with Crippen LogP contribution < -0.4 is 4.90 Å². The molecule has 1 saturated heterocycles. The summed E-state index contributed by atoms with van der Waals surface area (Å²) >= 11 is 0. The molecule has 2 heterocycles. The Kier molecular flexibility index (Phi) is 4.07. The van der Waals surface area contributed by atoms with E-state index in [1.54, 1.807) is 37.7 Å². The molecule has 2 atom stereocenters. The van der Waals surface area contributed by atoms with Gasteiger partial charge in [0.15, 0.2) is 0 Å². The van der Waals surface area contributed by atoms with Crippen LogP contribution in [0, 0.1) is 29.6 Å². The van der Waals surface area contributed by atoms with Gasteiger partial charge in [0, 0.05) is 43.0 Å². The summed E-state index contributed by atoms with van der Waals surface area (Å²) in [7, 11) is 0. The second-order valence-electron chi connectivity index (χ2n) is 11.1. The molecular weight excluding hydrogens is 364 g/mol. The van der Waals surface area contributed by atoms with Crippen LogP contribution in [0.3, 0.4) is 0 Å². The number of anilines is 2. The average molecular weight is 399 g/mol. The molecule has 0 spiro atoms. The van der Waals surface area contributed by atoms with Gasteiger partial charge in [0.25, 0.3) is 0 Å². The van der Waals surface area contributed by atoms with E-state index < -0.39 is 0 Å². The summed E-state index contributed by atoms with van der Waals surface area (Å²) in [5.41, 5.74) is 4.41. The van der Waals surface area contributed by atoms with Crippen molar-refractivity contribution < 1.29 is 0 Å². The fourth-order valence-corrected chi connectivity index (χ4v) is 8.54. The second kappa shape index (κ2) is 6.85. The van der Waals surface area contributed by atoms with Crippen molar-refractivity contribution in [3.63, 3.8) is 0 Å². The first-order valence-corrected chi connectivity index (χ1v) is 12.5. The average Bonchev–Trinajstić information content (AvgIpc) is 3.10. The van der Waals surface area contributed by atoms with Crippen molar-refractivity contribution in [2.24, 2.45) is 29.6 Å². The molecule has 6 aliphatic rings. The summed E-state index contributed by atoms with van der Waals surface area (Å²) in [4.78, 5) is 5.53. The maximum absolute atomic E-state index is 2.87. The Balaban J connectivity index is 1.14. The number of para-hydroxylation sites is 2. The largest absolute Gasteiger partial charge is 0.337 e. The Labute approximate surface area is 181 Å². The standard InChI is InChI=1S/C28H34N2/c1-2-6-23(7-3-1)30-27-9-5-4-8-24(27)26-18-29(11-10-28(26)30)17-25-21-13-19-12-20(15-21)16-22(25)14-19/h1-9,19-22,25-26,28H,10-18H2/t19?,20?,21?,22?,25?,26-,28+/m0/s1. The van der Waals surface area contributed by atoms with E-state index in [0.29, 0.717) is 12.0 Å². The summed E-state index contributed by atoms with van der Waals surface area (Å²) in [5.74, 6) is 5.95. The fraction of sp³-hybridized carbons (Fsp3) is 0.571. The molecule has 2 aromatic carbocycles. The molecule has 0 N–H and O–H groups in total.